The molecular formula is C13H16BrFN2O. The number of hydrogen-bond donors (Lipinski definition) is 1. The number of amides is 1. The normalized spacial score (nSPS) is 19.9. The highest BCUT2D eigenvalue weighted by atomic mass is 79.9. The lowest BCUT2D eigenvalue weighted by Crippen LogP contribution is -2.51. The van der Waals surface area contributed by atoms with Gasteiger partial charge in [-0.05, 0) is 30.7 Å². The van der Waals surface area contributed by atoms with Crippen LogP contribution in [0.25, 0.3) is 0 Å². The first kappa shape index (κ1) is 13.5. The van der Waals surface area contributed by atoms with E-state index in [1.165, 1.54) is 12.1 Å². The van der Waals surface area contributed by atoms with Crippen LogP contribution in [0, 0.1) is 5.82 Å². The Bertz CT molecular complexity index is 453. The number of hydrogen-bond acceptors (Lipinski definition) is 2. The van der Waals surface area contributed by atoms with Crippen molar-refractivity contribution in [2.75, 3.05) is 19.6 Å². The van der Waals surface area contributed by atoms with Gasteiger partial charge in [-0.25, -0.2) is 4.39 Å². The zero-order valence-electron chi connectivity index (χ0n) is 10.2. The monoisotopic (exact) mass is 314 g/mol. The second-order valence-electron chi connectivity index (χ2n) is 4.61. The zero-order chi connectivity index (χ0) is 13.1. The molecule has 0 radical (unpaired) electrons. The molecule has 0 saturated carbocycles. The molecule has 98 valence electrons. The fraction of sp³-hybridized carbons (Fsp3) is 0.462. The maximum absolute atomic E-state index is 13.1. The van der Waals surface area contributed by atoms with Crippen LogP contribution in [0.4, 0.5) is 4.39 Å². The van der Waals surface area contributed by atoms with Gasteiger partial charge in [0.05, 0.1) is 6.42 Å². The molecule has 1 amide bonds. The average Bonchev–Trinajstić information content (AvgIpc) is 2.34. The van der Waals surface area contributed by atoms with E-state index in [-0.39, 0.29) is 18.1 Å². The smallest absolute Gasteiger partial charge is 0.227 e. The van der Waals surface area contributed by atoms with Crippen LogP contribution in [0.2, 0.25) is 0 Å². The summed E-state index contributed by atoms with van der Waals surface area (Å²) in [5.41, 5.74) is 0.700. The van der Waals surface area contributed by atoms with Crippen LogP contribution < -0.4 is 5.32 Å². The minimum Gasteiger partial charge on any atom is -0.340 e. The Hall–Kier alpha value is -0.940. The summed E-state index contributed by atoms with van der Waals surface area (Å²) in [4.78, 5) is 14.0. The lowest BCUT2D eigenvalue weighted by molar-refractivity contribution is -0.131. The minimum absolute atomic E-state index is 0.0506. The summed E-state index contributed by atoms with van der Waals surface area (Å²) in [5.74, 6) is -0.260. The van der Waals surface area contributed by atoms with Crippen molar-refractivity contribution in [3.8, 4) is 0 Å². The molecule has 18 heavy (non-hydrogen) atoms. The minimum atomic E-state index is -0.310. The zero-order valence-corrected chi connectivity index (χ0v) is 11.8. The molecule has 1 aliphatic heterocycles. The Balaban J connectivity index is 2.04. The van der Waals surface area contributed by atoms with Gasteiger partial charge in [-0.15, -0.1) is 0 Å². The third-order valence-corrected chi connectivity index (χ3v) is 3.84. The second kappa shape index (κ2) is 5.80. The molecule has 1 heterocycles. The number of carbonyl (C=O) groups excluding carboxylic acids is 1. The van der Waals surface area contributed by atoms with E-state index in [0.29, 0.717) is 18.2 Å². The molecule has 5 heteroatoms. The van der Waals surface area contributed by atoms with Crippen molar-refractivity contribution >= 4 is 21.8 Å². The Labute approximate surface area is 114 Å². The first-order chi connectivity index (χ1) is 8.56. The van der Waals surface area contributed by atoms with Crippen molar-refractivity contribution in [1.82, 2.24) is 10.2 Å². The van der Waals surface area contributed by atoms with Crippen molar-refractivity contribution in [2.24, 2.45) is 0 Å². The Kier molecular flexibility index (Phi) is 4.35. The SMILES string of the molecule is CC1CN(C(=O)Cc2cc(F)ccc2Br)CCN1. The van der Waals surface area contributed by atoms with Gasteiger partial charge in [-0.2, -0.15) is 0 Å². The summed E-state index contributed by atoms with van der Waals surface area (Å²) in [6.07, 6.45) is 0.241. The third-order valence-electron chi connectivity index (χ3n) is 3.07. The summed E-state index contributed by atoms with van der Waals surface area (Å²) >= 11 is 3.35. The van der Waals surface area contributed by atoms with Crippen LogP contribution in [0.5, 0.6) is 0 Å². The molecule has 0 bridgehead atoms. The van der Waals surface area contributed by atoms with Gasteiger partial charge in [0.1, 0.15) is 5.82 Å². The summed E-state index contributed by atoms with van der Waals surface area (Å²) in [7, 11) is 0. The number of benzene rings is 1. The van der Waals surface area contributed by atoms with Crippen molar-refractivity contribution < 1.29 is 9.18 Å². The van der Waals surface area contributed by atoms with Gasteiger partial charge in [-0.1, -0.05) is 15.9 Å². The molecule has 1 fully saturated rings. The maximum atomic E-state index is 13.1. The Morgan fingerprint density at radius 2 is 2.39 bits per heavy atom. The van der Waals surface area contributed by atoms with Crippen LogP contribution >= 0.6 is 15.9 Å². The average molecular weight is 315 g/mol. The molecule has 0 aromatic heterocycles. The van der Waals surface area contributed by atoms with Crippen molar-refractivity contribution in [1.29, 1.82) is 0 Å². The standard InChI is InChI=1S/C13H16BrFN2O/c1-9-8-17(5-4-16-9)13(18)7-10-6-11(15)2-3-12(10)14/h2-3,6,9,16H,4-5,7-8H2,1H3. The molecule has 2 rings (SSSR count). The molecule has 1 atom stereocenters. The lowest BCUT2D eigenvalue weighted by atomic mass is 10.1. The highest BCUT2D eigenvalue weighted by molar-refractivity contribution is 9.10. The fourth-order valence-electron chi connectivity index (χ4n) is 2.11. The fourth-order valence-corrected chi connectivity index (χ4v) is 2.50. The number of nitrogens with one attached hydrogen (secondary N) is 1. The molecule has 1 unspecified atom stereocenters. The van der Waals surface area contributed by atoms with E-state index < -0.39 is 0 Å². The molecule has 1 aromatic rings. The molecule has 0 spiro atoms. The number of piperazine rings is 1. The van der Waals surface area contributed by atoms with Gasteiger partial charge in [0.2, 0.25) is 5.91 Å². The van der Waals surface area contributed by atoms with Crippen LogP contribution in [0.3, 0.4) is 0 Å². The third kappa shape index (κ3) is 3.29. The van der Waals surface area contributed by atoms with Crippen LogP contribution in [-0.4, -0.2) is 36.5 Å². The van der Waals surface area contributed by atoms with E-state index in [2.05, 4.69) is 28.2 Å². The molecule has 3 nitrogen and oxygen atoms in total. The van der Waals surface area contributed by atoms with Crippen molar-refractivity contribution in [2.45, 2.75) is 19.4 Å². The molecule has 1 saturated heterocycles. The molecule has 0 aliphatic carbocycles. The van der Waals surface area contributed by atoms with Crippen molar-refractivity contribution in [3.63, 3.8) is 0 Å². The van der Waals surface area contributed by atoms with Crippen molar-refractivity contribution in [3.05, 3.63) is 34.1 Å². The summed E-state index contributed by atoms with van der Waals surface area (Å²) in [6.45, 7) is 4.30. The molecule has 1 aromatic carbocycles. The summed E-state index contributed by atoms with van der Waals surface area (Å²) < 4.78 is 13.9. The quantitative estimate of drug-likeness (QED) is 0.905. The largest absolute Gasteiger partial charge is 0.340 e. The highest BCUT2D eigenvalue weighted by Crippen LogP contribution is 2.19. The van der Waals surface area contributed by atoms with E-state index in [1.807, 2.05) is 4.90 Å². The van der Waals surface area contributed by atoms with Gasteiger partial charge >= 0.3 is 0 Å². The van der Waals surface area contributed by atoms with Crippen LogP contribution in [0.1, 0.15) is 12.5 Å². The number of nitrogens with zero attached hydrogens (tertiary/aromatic N) is 1. The predicted molar refractivity (Wildman–Crippen MR) is 71.8 cm³/mol. The van der Waals surface area contributed by atoms with E-state index in [1.54, 1.807) is 6.07 Å². The Morgan fingerprint density at radius 1 is 1.61 bits per heavy atom. The van der Waals surface area contributed by atoms with Gasteiger partial charge in [0.15, 0.2) is 0 Å². The maximum Gasteiger partial charge on any atom is 0.227 e. The lowest BCUT2D eigenvalue weighted by Gasteiger charge is -2.32. The molecular weight excluding hydrogens is 299 g/mol. The summed E-state index contributed by atoms with van der Waals surface area (Å²) in [6, 6.07) is 4.75. The van der Waals surface area contributed by atoms with E-state index in [0.717, 1.165) is 17.6 Å². The Morgan fingerprint density at radius 3 is 3.11 bits per heavy atom. The topological polar surface area (TPSA) is 32.3 Å². The van der Waals surface area contributed by atoms with E-state index >= 15 is 0 Å². The number of carbonyl (C=O) groups is 1. The number of rotatable bonds is 2. The van der Waals surface area contributed by atoms with Gasteiger partial charge in [0, 0.05) is 30.1 Å². The summed E-state index contributed by atoms with van der Waals surface area (Å²) in [5, 5.41) is 3.29. The van der Waals surface area contributed by atoms with Gasteiger partial charge in [-0.3, -0.25) is 4.79 Å². The number of halogens is 2. The van der Waals surface area contributed by atoms with Crippen LogP contribution in [-0.2, 0) is 11.2 Å². The molecule has 1 N–H and O–H groups in total. The van der Waals surface area contributed by atoms with Crippen LogP contribution in [0.15, 0.2) is 22.7 Å². The second-order valence-corrected chi connectivity index (χ2v) is 5.46. The first-order valence-electron chi connectivity index (χ1n) is 6.01. The first-order valence-corrected chi connectivity index (χ1v) is 6.80. The highest BCUT2D eigenvalue weighted by Gasteiger charge is 2.21. The molecule has 1 aliphatic rings. The van der Waals surface area contributed by atoms with E-state index in [4.69, 9.17) is 0 Å². The van der Waals surface area contributed by atoms with Gasteiger partial charge in [0.25, 0.3) is 0 Å². The predicted octanol–water partition coefficient (Wildman–Crippen LogP) is 1.95. The van der Waals surface area contributed by atoms with E-state index in [9.17, 15) is 9.18 Å². The van der Waals surface area contributed by atoms with Gasteiger partial charge < -0.3 is 10.2 Å².